The van der Waals surface area contributed by atoms with Crippen LogP contribution in [0.3, 0.4) is 0 Å². The lowest BCUT2D eigenvalue weighted by molar-refractivity contribution is -0.145. The number of hydrogen-bond acceptors (Lipinski definition) is 4. The Morgan fingerprint density at radius 2 is 1.66 bits per heavy atom. The van der Waals surface area contributed by atoms with Gasteiger partial charge in [0.15, 0.2) is 0 Å². The zero-order chi connectivity index (χ0) is 25.4. The number of hydrogen-bond donors (Lipinski definition) is 1. The number of rotatable bonds is 10. The third-order valence-electron chi connectivity index (χ3n) is 6.22. The van der Waals surface area contributed by atoms with Crippen LogP contribution >= 0.6 is 0 Å². The van der Waals surface area contributed by atoms with Crippen molar-refractivity contribution >= 4 is 17.5 Å². The highest BCUT2D eigenvalue weighted by Gasteiger charge is 2.41. The molecular formula is C28H31FN2O4. The van der Waals surface area contributed by atoms with Crippen LogP contribution in [0.5, 0.6) is 11.5 Å². The lowest BCUT2D eigenvalue weighted by Crippen LogP contribution is -2.57. The van der Waals surface area contributed by atoms with Gasteiger partial charge < -0.3 is 19.7 Å². The molecule has 35 heavy (non-hydrogen) atoms. The van der Waals surface area contributed by atoms with Crippen LogP contribution in [0.25, 0.3) is 0 Å². The van der Waals surface area contributed by atoms with Crippen LogP contribution in [0.4, 0.5) is 10.1 Å². The molecule has 0 heterocycles. The van der Waals surface area contributed by atoms with Gasteiger partial charge >= 0.3 is 0 Å². The van der Waals surface area contributed by atoms with E-state index in [2.05, 4.69) is 5.32 Å². The molecule has 0 aliphatic rings. The molecule has 0 spiro atoms. The monoisotopic (exact) mass is 478 g/mol. The molecule has 0 bridgehead atoms. The molecule has 6 nitrogen and oxygen atoms in total. The summed E-state index contributed by atoms with van der Waals surface area (Å²) in [7, 11) is 3.04. The van der Waals surface area contributed by atoms with Gasteiger partial charge in [0.2, 0.25) is 11.8 Å². The summed E-state index contributed by atoms with van der Waals surface area (Å²) in [5, 5.41) is 2.90. The van der Waals surface area contributed by atoms with E-state index in [1.54, 1.807) is 50.4 Å². The molecule has 184 valence electrons. The molecule has 2 amide bonds. The van der Waals surface area contributed by atoms with E-state index >= 15 is 0 Å². The maximum Gasteiger partial charge on any atom is 0.250 e. The van der Waals surface area contributed by atoms with Gasteiger partial charge in [-0.3, -0.25) is 9.59 Å². The molecule has 0 radical (unpaired) electrons. The summed E-state index contributed by atoms with van der Waals surface area (Å²) in [6.07, 6.45) is 0.399. The van der Waals surface area contributed by atoms with E-state index in [4.69, 9.17) is 9.47 Å². The minimum Gasteiger partial charge on any atom is -0.497 e. The number of carbonyl (C=O) groups excluding carboxylic acids is 2. The summed E-state index contributed by atoms with van der Waals surface area (Å²) < 4.78 is 25.2. The van der Waals surface area contributed by atoms with E-state index in [-0.39, 0.29) is 18.9 Å². The molecule has 3 aromatic rings. The molecule has 1 unspecified atom stereocenters. The highest BCUT2D eigenvalue weighted by molar-refractivity contribution is 6.01. The summed E-state index contributed by atoms with van der Waals surface area (Å²) in [5.41, 5.74) is 0.327. The van der Waals surface area contributed by atoms with Crippen LogP contribution < -0.4 is 14.8 Å². The number of anilines is 1. The largest absolute Gasteiger partial charge is 0.497 e. The van der Waals surface area contributed by atoms with Crippen LogP contribution in [-0.2, 0) is 22.6 Å². The fourth-order valence-corrected chi connectivity index (χ4v) is 3.83. The molecular weight excluding hydrogens is 447 g/mol. The zero-order valence-electron chi connectivity index (χ0n) is 20.5. The number of amides is 2. The maximum atomic E-state index is 14.6. The molecule has 0 aliphatic heterocycles. The number of methoxy groups -OCH3 is 2. The fraction of sp³-hybridized carbons (Fsp3) is 0.286. The summed E-state index contributed by atoms with van der Waals surface area (Å²) in [6, 6.07) is 20.6. The number of ether oxygens (including phenoxy) is 2. The van der Waals surface area contributed by atoms with Gasteiger partial charge in [-0.15, -0.1) is 0 Å². The van der Waals surface area contributed by atoms with Crippen LogP contribution in [0.15, 0.2) is 72.8 Å². The van der Waals surface area contributed by atoms with E-state index < -0.39 is 17.3 Å². The van der Waals surface area contributed by atoms with Crippen molar-refractivity contribution < 1.29 is 23.5 Å². The van der Waals surface area contributed by atoms with Gasteiger partial charge in [0.05, 0.1) is 26.3 Å². The predicted molar refractivity (Wildman–Crippen MR) is 134 cm³/mol. The van der Waals surface area contributed by atoms with Crippen LogP contribution in [-0.4, -0.2) is 36.5 Å². The van der Waals surface area contributed by atoms with Gasteiger partial charge in [-0.2, -0.15) is 0 Å². The summed E-state index contributed by atoms with van der Waals surface area (Å²) >= 11 is 0. The van der Waals surface area contributed by atoms with Crippen molar-refractivity contribution in [3.63, 3.8) is 0 Å². The molecule has 0 saturated heterocycles. The molecule has 3 aromatic carbocycles. The summed E-state index contributed by atoms with van der Waals surface area (Å²) in [6.45, 7) is 3.48. The number of benzene rings is 3. The van der Waals surface area contributed by atoms with Crippen molar-refractivity contribution in [1.29, 1.82) is 0 Å². The Morgan fingerprint density at radius 3 is 2.29 bits per heavy atom. The second-order valence-electron chi connectivity index (χ2n) is 8.38. The van der Waals surface area contributed by atoms with Crippen molar-refractivity contribution in [3.05, 3.63) is 89.7 Å². The predicted octanol–water partition coefficient (Wildman–Crippen LogP) is 5.22. The smallest absolute Gasteiger partial charge is 0.250 e. The fourth-order valence-electron chi connectivity index (χ4n) is 3.83. The first-order chi connectivity index (χ1) is 16.8. The van der Waals surface area contributed by atoms with E-state index in [0.717, 1.165) is 5.56 Å². The first-order valence-corrected chi connectivity index (χ1v) is 11.4. The Balaban J connectivity index is 1.97. The lowest BCUT2D eigenvalue weighted by atomic mass is 9.92. The molecule has 1 N–H and O–H groups in total. The Kier molecular flexibility index (Phi) is 8.47. The SMILES string of the molecule is CCC(C)(C(=O)Nc1ccc(OC)cc1OC)N(Cc1ccccc1F)C(=O)Cc1ccccc1. The molecule has 1 atom stereocenters. The van der Waals surface area contributed by atoms with E-state index in [0.29, 0.717) is 29.2 Å². The number of carbonyl (C=O) groups is 2. The van der Waals surface area contributed by atoms with Crippen molar-refractivity contribution in [1.82, 2.24) is 4.90 Å². The highest BCUT2D eigenvalue weighted by atomic mass is 19.1. The summed E-state index contributed by atoms with van der Waals surface area (Å²) in [4.78, 5) is 28.7. The molecule has 0 aliphatic carbocycles. The van der Waals surface area contributed by atoms with Crippen LogP contribution in [0.2, 0.25) is 0 Å². The molecule has 0 saturated carbocycles. The zero-order valence-corrected chi connectivity index (χ0v) is 20.5. The van der Waals surface area contributed by atoms with Gasteiger partial charge in [0.25, 0.3) is 0 Å². The van der Waals surface area contributed by atoms with Crippen molar-refractivity contribution in [2.45, 2.75) is 38.8 Å². The molecule has 3 rings (SSSR count). The molecule has 0 fully saturated rings. The second kappa shape index (κ2) is 11.5. The Morgan fingerprint density at radius 1 is 0.971 bits per heavy atom. The number of nitrogens with one attached hydrogen (secondary N) is 1. The van der Waals surface area contributed by atoms with Crippen molar-refractivity contribution in [3.8, 4) is 11.5 Å². The Bertz CT molecular complexity index is 1170. The van der Waals surface area contributed by atoms with Gasteiger partial charge in [0, 0.05) is 18.2 Å². The average molecular weight is 479 g/mol. The van der Waals surface area contributed by atoms with Crippen LogP contribution in [0.1, 0.15) is 31.4 Å². The van der Waals surface area contributed by atoms with Gasteiger partial charge in [-0.25, -0.2) is 4.39 Å². The lowest BCUT2D eigenvalue weighted by Gasteiger charge is -2.40. The van der Waals surface area contributed by atoms with E-state index in [1.165, 1.54) is 18.1 Å². The minimum absolute atomic E-state index is 0.0458. The minimum atomic E-state index is -1.26. The summed E-state index contributed by atoms with van der Waals surface area (Å²) in [5.74, 6) is -0.104. The standard InChI is InChI=1S/C28H31FN2O4/c1-5-28(2,27(33)30-24-16-15-22(34-3)18-25(24)35-4)31(19-21-13-9-10-14-23(21)29)26(32)17-20-11-7-6-8-12-20/h6-16,18H,5,17,19H2,1-4H3,(H,30,33). The maximum absolute atomic E-state index is 14.6. The van der Waals surface area contributed by atoms with Gasteiger partial charge in [0.1, 0.15) is 22.9 Å². The van der Waals surface area contributed by atoms with Crippen LogP contribution in [0, 0.1) is 5.82 Å². The quantitative estimate of drug-likeness (QED) is 0.434. The molecule has 7 heteroatoms. The van der Waals surface area contributed by atoms with Gasteiger partial charge in [-0.1, -0.05) is 55.5 Å². The van der Waals surface area contributed by atoms with E-state index in [9.17, 15) is 14.0 Å². The normalized spacial score (nSPS) is 12.4. The third-order valence-corrected chi connectivity index (χ3v) is 6.22. The Labute approximate surface area is 205 Å². The highest BCUT2D eigenvalue weighted by Crippen LogP contribution is 2.32. The second-order valence-corrected chi connectivity index (χ2v) is 8.38. The van der Waals surface area contributed by atoms with Gasteiger partial charge in [-0.05, 0) is 37.1 Å². The van der Waals surface area contributed by atoms with Crippen molar-refractivity contribution in [2.24, 2.45) is 0 Å². The third kappa shape index (κ3) is 5.98. The molecule has 0 aromatic heterocycles. The first-order valence-electron chi connectivity index (χ1n) is 11.4. The Hall–Kier alpha value is -3.87. The first kappa shape index (κ1) is 25.7. The van der Waals surface area contributed by atoms with Crippen molar-refractivity contribution in [2.75, 3.05) is 19.5 Å². The van der Waals surface area contributed by atoms with E-state index in [1.807, 2.05) is 37.3 Å². The number of nitrogens with zero attached hydrogens (tertiary/aromatic N) is 1. The number of halogens is 1. The average Bonchev–Trinajstić information content (AvgIpc) is 2.88. The topological polar surface area (TPSA) is 67.9 Å².